The van der Waals surface area contributed by atoms with Crippen molar-refractivity contribution in [2.45, 2.75) is 16.7 Å². The topological polar surface area (TPSA) is 33.8 Å². The molecule has 0 unspecified atom stereocenters. The van der Waals surface area contributed by atoms with Gasteiger partial charge in [0.25, 0.3) is 0 Å². The van der Waals surface area contributed by atoms with Gasteiger partial charge in [0.05, 0.1) is 4.70 Å². The quantitative estimate of drug-likeness (QED) is 0.506. The number of aromatic nitrogens is 2. The fourth-order valence-corrected chi connectivity index (χ4v) is 4.43. The van der Waals surface area contributed by atoms with Crippen molar-refractivity contribution in [1.29, 1.82) is 0 Å². The molecule has 0 radical (unpaired) electrons. The molecule has 0 spiro atoms. The third-order valence-electron chi connectivity index (χ3n) is 3.78. The van der Waals surface area contributed by atoms with E-state index in [1.54, 1.807) is 11.8 Å². The molecule has 1 aromatic heterocycles. The van der Waals surface area contributed by atoms with Gasteiger partial charge in [0, 0.05) is 31.7 Å². The van der Waals surface area contributed by atoms with Crippen LogP contribution in [0.4, 0.5) is 0 Å². The smallest absolute Gasteiger partial charge is 0.200 e. The molecule has 0 atom stereocenters. The molecule has 5 heteroatoms. The summed E-state index contributed by atoms with van der Waals surface area (Å²) >= 11 is 2.94. The van der Waals surface area contributed by atoms with Gasteiger partial charge in [-0.2, -0.15) is 0 Å². The highest BCUT2D eigenvalue weighted by Gasteiger charge is 2.17. The molecule has 0 saturated heterocycles. The summed E-state index contributed by atoms with van der Waals surface area (Å²) in [7, 11) is 0. The zero-order valence-corrected chi connectivity index (χ0v) is 15.2. The van der Waals surface area contributed by atoms with Crippen molar-refractivity contribution in [1.82, 2.24) is 5.10 Å². The van der Waals surface area contributed by atoms with Crippen LogP contribution in [0.2, 0.25) is 0 Å². The van der Waals surface area contributed by atoms with Gasteiger partial charge >= 0.3 is 4.87 Å². The number of hydrogen-bond acceptors (Lipinski definition) is 4. The maximum Gasteiger partial charge on any atom is 0.504 e. The summed E-state index contributed by atoms with van der Waals surface area (Å²) in [6, 6.07) is 23.9. The molecule has 122 valence electrons. The third kappa shape index (κ3) is 3.34. The summed E-state index contributed by atoms with van der Waals surface area (Å²) in [5.74, 6) is 0. The second-order valence-electron chi connectivity index (χ2n) is 5.62. The standard InChI is InChI=1S/C20H15N2OS2/c1-14-12-17(24-16-10-6-3-7-11-16)13-18-19(14)25-20(23)22(21-18)15-8-4-2-5-9-15/h2-13H,1H3/q+1. The van der Waals surface area contributed by atoms with Crippen LogP contribution in [0.15, 0.2) is 87.4 Å². The van der Waals surface area contributed by atoms with Crippen LogP contribution < -0.4 is 9.55 Å². The summed E-state index contributed by atoms with van der Waals surface area (Å²) in [5.41, 5.74) is 2.70. The number of para-hydroxylation sites is 1. The molecule has 0 aliphatic carbocycles. The van der Waals surface area contributed by atoms with Gasteiger partial charge in [-0.15, -0.1) is 0 Å². The molecule has 4 aromatic rings. The molecule has 0 N–H and O–H groups in total. The van der Waals surface area contributed by atoms with Gasteiger partial charge in [0.15, 0.2) is 0 Å². The Morgan fingerprint density at radius 2 is 1.60 bits per heavy atom. The van der Waals surface area contributed by atoms with Crippen molar-refractivity contribution in [3.63, 3.8) is 0 Å². The molecule has 0 aliphatic rings. The highest BCUT2D eigenvalue weighted by atomic mass is 32.2. The summed E-state index contributed by atoms with van der Waals surface area (Å²) < 4.78 is 2.42. The predicted octanol–water partition coefficient (Wildman–Crippen LogP) is 4.39. The van der Waals surface area contributed by atoms with Crippen LogP contribution in [0.1, 0.15) is 5.56 Å². The van der Waals surface area contributed by atoms with E-state index in [9.17, 15) is 4.79 Å². The van der Waals surface area contributed by atoms with Gasteiger partial charge in [-0.25, -0.2) is 4.79 Å². The molecule has 3 nitrogen and oxygen atoms in total. The van der Waals surface area contributed by atoms with E-state index in [2.05, 4.69) is 29.4 Å². The normalized spacial score (nSPS) is 10.9. The van der Waals surface area contributed by atoms with Crippen LogP contribution in [-0.2, 0) is 0 Å². The molecule has 0 bridgehead atoms. The van der Waals surface area contributed by atoms with Crippen LogP contribution in [0.5, 0.6) is 0 Å². The van der Waals surface area contributed by atoms with Gasteiger partial charge in [0.1, 0.15) is 5.52 Å². The largest absolute Gasteiger partial charge is 0.504 e. The van der Waals surface area contributed by atoms with Crippen molar-refractivity contribution in [2.75, 3.05) is 0 Å². The number of hydrogen-bond donors (Lipinski definition) is 0. The zero-order valence-electron chi connectivity index (χ0n) is 13.5. The van der Waals surface area contributed by atoms with E-state index in [1.807, 2.05) is 55.5 Å². The molecule has 0 aliphatic heterocycles. The number of rotatable bonds is 3. The second-order valence-corrected chi connectivity index (χ2v) is 7.73. The van der Waals surface area contributed by atoms with Crippen molar-refractivity contribution < 1.29 is 4.68 Å². The van der Waals surface area contributed by atoms with Gasteiger partial charge < -0.3 is 0 Å². The van der Waals surface area contributed by atoms with Gasteiger partial charge in [-0.05, 0) is 48.1 Å². The Hall–Kier alpha value is -2.50. The first-order valence-corrected chi connectivity index (χ1v) is 9.50. The van der Waals surface area contributed by atoms with Crippen LogP contribution >= 0.6 is 23.1 Å². The zero-order chi connectivity index (χ0) is 17.2. The highest BCUT2D eigenvalue weighted by molar-refractivity contribution is 7.99. The molecule has 0 fully saturated rings. The fraction of sp³-hybridized carbons (Fsp3) is 0.0500. The minimum atomic E-state index is -0.0785. The lowest BCUT2D eigenvalue weighted by atomic mass is 10.2. The lowest BCUT2D eigenvalue weighted by molar-refractivity contribution is -0.667. The molecule has 25 heavy (non-hydrogen) atoms. The maximum atomic E-state index is 12.5. The van der Waals surface area contributed by atoms with Gasteiger partial charge in [0.2, 0.25) is 5.69 Å². The summed E-state index contributed by atoms with van der Waals surface area (Å²) in [6.07, 6.45) is 0. The number of fused-ring (bicyclic) bond motifs is 1. The molecular weight excluding hydrogens is 348 g/mol. The molecule has 3 aromatic carbocycles. The number of aryl methyl sites for hydroxylation is 1. The van der Waals surface area contributed by atoms with Crippen LogP contribution in [0, 0.1) is 6.92 Å². The van der Waals surface area contributed by atoms with Crippen molar-refractivity contribution in [3.8, 4) is 5.69 Å². The Labute approximate surface area is 153 Å². The number of nitrogens with zero attached hydrogens (tertiary/aromatic N) is 2. The SMILES string of the molecule is Cc1cc(Sc2ccccc2)cc2n[n+](-c3ccccc3)c(=O)sc12. The van der Waals surface area contributed by atoms with Crippen molar-refractivity contribution in [3.05, 3.63) is 88.0 Å². The monoisotopic (exact) mass is 363 g/mol. The second kappa shape index (κ2) is 6.78. The first-order valence-electron chi connectivity index (χ1n) is 7.87. The van der Waals surface area contributed by atoms with E-state index in [-0.39, 0.29) is 4.87 Å². The van der Waals surface area contributed by atoms with Gasteiger partial charge in [-0.1, -0.05) is 48.2 Å². The minimum Gasteiger partial charge on any atom is -0.200 e. The van der Waals surface area contributed by atoms with E-state index in [0.29, 0.717) is 0 Å². The predicted molar refractivity (Wildman–Crippen MR) is 103 cm³/mol. The molecular formula is C20H15N2OS2+. The highest BCUT2D eigenvalue weighted by Crippen LogP contribution is 2.31. The first kappa shape index (κ1) is 16.0. The molecule has 1 heterocycles. The third-order valence-corrected chi connectivity index (χ3v) is 5.84. The van der Waals surface area contributed by atoms with Crippen LogP contribution in [0.3, 0.4) is 0 Å². The molecule has 0 amide bonds. The minimum absolute atomic E-state index is 0.0785. The Balaban J connectivity index is 1.84. The van der Waals surface area contributed by atoms with E-state index in [1.165, 1.54) is 20.9 Å². The molecule has 4 rings (SSSR count). The molecule has 0 saturated carbocycles. The van der Waals surface area contributed by atoms with Crippen LogP contribution in [-0.4, -0.2) is 5.10 Å². The first-order chi connectivity index (χ1) is 12.2. The number of benzene rings is 3. The maximum absolute atomic E-state index is 12.5. The fourth-order valence-electron chi connectivity index (χ4n) is 2.62. The Bertz CT molecular complexity index is 1090. The van der Waals surface area contributed by atoms with E-state index in [0.717, 1.165) is 26.4 Å². The summed E-state index contributed by atoms with van der Waals surface area (Å²) in [5, 5.41) is 4.61. The van der Waals surface area contributed by atoms with E-state index >= 15 is 0 Å². The summed E-state index contributed by atoms with van der Waals surface area (Å²) in [6.45, 7) is 2.03. The Morgan fingerprint density at radius 1 is 0.920 bits per heavy atom. The average Bonchev–Trinajstić information content (AvgIpc) is 2.64. The summed E-state index contributed by atoms with van der Waals surface area (Å²) in [4.78, 5) is 14.7. The average molecular weight is 363 g/mol. The van der Waals surface area contributed by atoms with Crippen LogP contribution in [0.25, 0.3) is 15.9 Å². The Morgan fingerprint density at radius 3 is 2.32 bits per heavy atom. The van der Waals surface area contributed by atoms with Crippen molar-refractivity contribution in [2.24, 2.45) is 0 Å². The van der Waals surface area contributed by atoms with E-state index < -0.39 is 0 Å². The van der Waals surface area contributed by atoms with E-state index in [4.69, 9.17) is 0 Å². The lowest BCUT2D eigenvalue weighted by Crippen LogP contribution is -2.49. The van der Waals surface area contributed by atoms with Gasteiger partial charge in [-0.3, -0.25) is 0 Å². The lowest BCUT2D eigenvalue weighted by Gasteiger charge is -2.05. The van der Waals surface area contributed by atoms with Crippen molar-refractivity contribution >= 4 is 33.3 Å². The Kier molecular flexibility index (Phi) is 4.34.